The van der Waals surface area contributed by atoms with Crippen molar-refractivity contribution < 1.29 is 4.79 Å². The lowest BCUT2D eigenvalue weighted by atomic mass is 10.1. The Morgan fingerprint density at radius 2 is 1.92 bits per heavy atom. The molecule has 0 radical (unpaired) electrons. The van der Waals surface area contributed by atoms with Gasteiger partial charge in [0.15, 0.2) is 5.17 Å². The molecular weight excluding hydrogens is 375 g/mol. The summed E-state index contributed by atoms with van der Waals surface area (Å²) in [6.45, 7) is 2.09. The lowest BCUT2D eigenvalue weighted by molar-refractivity contribution is -0.121. The Kier molecular flexibility index (Phi) is 5.52. The van der Waals surface area contributed by atoms with Gasteiger partial charge in [0.2, 0.25) is 0 Å². The van der Waals surface area contributed by atoms with Crippen LogP contribution in [0, 0.1) is 0 Å². The van der Waals surface area contributed by atoms with Crippen molar-refractivity contribution in [1.29, 1.82) is 0 Å². The number of aliphatic imine (C=N–C) groups is 1. The normalized spacial score (nSPS) is 17.8. The number of hydrogen-bond acceptors (Lipinski definition) is 3. The number of para-hydroxylation sites is 1. The van der Waals surface area contributed by atoms with E-state index in [4.69, 9.17) is 23.2 Å². The van der Waals surface area contributed by atoms with Gasteiger partial charge in [0.1, 0.15) is 0 Å². The van der Waals surface area contributed by atoms with Crippen molar-refractivity contribution in [3.05, 3.63) is 68.5 Å². The van der Waals surface area contributed by atoms with Crippen molar-refractivity contribution in [2.75, 3.05) is 7.05 Å². The number of hydrogen-bond donors (Lipinski definition) is 0. The minimum atomic E-state index is -0.103. The largest absolute Gasteiger partial charge is 0.290 e. The lowest BCUT2D eigenvalue weighted by Gasteiger charge is -2.08. The van der Waals surface area contributed by atoms with Gasteiger partial charge < -0.3 is 0 Å². The van der Waals surface area contributed by atoms with Gasteiger partial charge in [-0.1, -0.05) is 60.5 Å². The number of amides is 1. The zero-order valence-corrected chi connectivity index (χ0v) is 16.1. The number of carbonyl (C=O) groups excluding carboxylic acids is 1. The second kappa shape index (κ2) is 7.65. The summed E-state index contributed by atoms with van der Waals surface area (Å²) in [4.78, 5) is 19.3. The number of amidine groups is 1. The number of benzene rings is 2. The zero-order chi connectivity index (χ0) is 18.0. The average molecular weight is 391 g/mol. The first kappa shape index (κ1) is 18.1. The van der Waals surface area contributed by atoms with Gasteiger partial charge in [-0.25, -0.2) is 4.99 Å². The summed E-state index contributed by atoms with van der Waals surface area (Å²) in [7, 11) is 1.73. The SMILES string of the molecule is CCc1ccccc1N=C1S/C(=C/c2cccc(Cl)c2Cl)C(=O)N1C. The van der Waals surface area contributed by atoms with Crippen LogP contribution in [0.3, 0.4) is 0 Å². The van der Waals surface area contributed by atoms with E-state index in [1.165, 1.54) is 11.8 Å². The highest BCUT2D eigenvalue weighted by Crippen LogP contribution is 2.36. The minimum Gasteiger partial charge on any atom is -0.290 e. The third-order valence-corrected chi connectivity index (χ3v) is 5.75. The van der Waals surface area contributed by atoms with Gasteiger partial charge in [-0.15, -0.1) is 0 Å². The summed E-state index contributed by atoms with van der Waals surface area (Å²) in [5.74, 6) is -0.103. The van der Waals surface area contributed by atoms with E-state index >= 15 is 0 Å². The number of halogens is 2. The zero-order valence-electron chi connectivity index (χ0n) is 13.8. The predicted molar refractivity (Wildman–Crippen MR) is 108 cm³/mol. The van der Waals surface area contributed by atoms with Gasteiger partial charge in [0.25, 0.3) is 5.91 Å². The lowest BCUT2D eigenvalue weighted by Crippen LogP contribution is -2.23. The van der Waals surface area contributed by atoms with Gasteiger partial charge in [0, 0.05) is 7.05 Å². The molecule has 0 saturated carbocycles. The standard InChI is InChI=1S/C19H16Cl2N2OS/c1-3-12-7-4-5-10-15(12)22-19-23(2)18(24)16(25-19)11-13-8-6-9-14(20)17(13)21/h4-11H,3H2,1-2H3/b16-11+,22-19?. The maximum atomic E-state index is 12.5. The van der Waals surface area contributed by atoms with E-state index < -0.39 is 0 Å². The van der Waals surface area contributed by atoms with Crippen LogP contribution >= 0.6 is 35.0 Å². The van der Waals surface area contributed by atoms with E-state index in [1.54, 1.807) is 30.2 Å². The quantitative estimate of drug-likeness (QED) is 0.621. The van der Waals surface area contributed by atoms with Crippen molar-refractivity contribution in [2.24, 2.45) is 4.99 Å². The first-order valence-electron chi connectivity index (χ1n) is 7.79. The van der Waals surface area contributed by atoms with Crippen LogP contribution in [-0.2, 0) is 11.2 Å². The van der Waals surface area contributed by atoms with Gasteiger partial charge >= 0.3 is 0 Å². The fraction of sp³-hybridized carbons (Fsp3) is 0.158. The van der Waals surface area contributed by atoms with Crippen molar-refractivity contribution in [1.82, 2.24) is 4.90 Å². The fourth-order valence-electron chi connectivity index (χ4n) is 2.45. The number of rotatable bonds is 3. The molecule has 0 atom stereocenters. The van der Waals surface area contributed by atoms with Gasteiger partial charge in [0.05, 0.1) is 20.6 Å². The number of nitrogens with zero attached hydrogens (tertiary/aromatic N) is 2. The van der Waals surface area contributed by atoms with Crippen molar-refractivity contribution in [2.45, 2.75) is 13.3 Å². The van der Waals surface area contributed by atoms with Gasteiger partial charge in [-0.3, -0.25) is 9.69 Å². The Bertz CT molecular complexity index is 893. The maximum Gasteiger partial charge on any atom is 0.266 e. The van der Waals surface area contributed by atoms with E-state index in [1.807, 2.05) is 30.3 Å². The minimum absolute atomic E-state index is 0.103. The summed E-state index contributed by atoms with van der Waals surface area (Å²) < 4.78 is 0. The third kappa shape index (κ3) is 3.76. The second-order valence-corrected chi connectivity index (χ2v) is 7.29. The molecule has 0 bridgehead atoms. The molecule has 0 aliphatic carbocycles. The van der Waals surface area contributed by atoms with Crippen molar-refractivity contribution in [3.8, 4) is 0 Å². The molecule has 3 rings (SSSR count). The van der Waals surface area contributed by atoms with Crippen LogP contribution in [-0.4, -0.2) is 23.0 Å². The molecule has 1 saturated heterocycles. The molecule has 2 aromatic carbocycles. The molecule has 2 aromatic rings. The maximum absolute atomic E-state index is 12.5. The molecule has 6 heteroatoms. The summed E-state index contributed by atoms with van der Waals surface area (Å²) >= 11 is 13.6. The number of carbonyl (C=O) groups is 1. The number of likely N-dealkylation sites (N-methyl/N-ethyl adjacent to an activating group) is 1. The van der Waals surface area contributed by atoms with Gasteiger partial charge in [-0.2, -0.15) is 0 Å². The second-order valence-electron chi connectivity index (χ2n) is 5.49. The molecule has 1 amide bonds. The molecule has 0 N–H and O–H groups in total. The molecule has 128 valence electrons. The highest BCUT2D eigenvalue weighted by atomic mass is 35.5. The van der Waals surface area contributed by atoms with Crippen molar-refractivity contribution in [3.63, 3.8) is 0 Å². The molecule has 25 heavy (non-hydrogen) atoms. The fourth-order valence-corrected chi connectivity index (χ4v) is 3.78. The molecular formula is C19H16Cl2N2OS. The van der Waals surface area contributed by atoms with E-state index in [0.717, 1.165) is 17.7 Å². The van der Waals surface area contributed by atoms with E-state index in [9.17, 15) is 4.79 Å². The van der Waals surface area contributed by atoms with Crippen LogP contribution in [0.15, 0.2) is 52.4 Å². The Morgan fingerprint density at radius 3 is 2.68 bits per heavy atom. The highest BCUT2D eigenvalue weighted by molar-refractivity contribution is 8.18. The molecule has 1 heterocycles. The Balaban J connectivity index is 1.96. The Morgan fingerprint density at radius 1 is 1.16 bits per heavy atom. The molecule has 1 fully saturated rings. The molecule has 0 aromatic heterocycles. The van der Waals surface area contributed by atoms with Crippen LogP contribution in [0.25, 0.3) is 6.08 Å². The Hall–Kier alpha value is -1.75. The van der Waals surface area contributed by atoms with Crippen LogP contribution < -0.4 is 0 Å². The topological polar surface area (TPSA) is 32.7 Å². The smallest absolute Gasteiger partial charge is 0.266 e. The Labute approximate surface area is 161 Å². The number of aryl methyl sites for hydroxylation is 1. The number of thioether (sulfide) groups is 1. The summed E-state index contributed by atoms with van der Waals surface area (Å²) in [6.07, 6.45) is 2.64. The third-order valence-electron chi connectivity index (χ3n) is 3.86. The van der Waals surface area contributed by atoms with Crippen LogP contribution in [0.1, 0.15) is 18.1 Å². The molecule has 0 spiro atoms. The van der Waals surface area contributed by atoms with E-state index in [0.29, 0.717) is 25.7 Å². The monoisotopic (exact) mass is 390 g/mol. The first-order chi connectivity index (χ1) is 12.0. The highest BCUT2D eigenvalue weighted by Gasteiger charge is 2.30. The van der Waals surface area contributed by atoms with Crippen LogP contribution in [0.5, 0.6) is 0 Å². The predicted octanol–water partition coefficient (Wildman–Crippen LogP) is 5.79. The first-order valence-corrected chi connectivity index (χ1v) is 9.36. The average Bonchev–Trinajstić information content (AvgIpc) is 2.87. The molecule has 0 unspecified atom stereocenters. The summed E-state index contributed by atoms with van der Waals surface area (Å²) in [5.41, 5.74) is 2.74. The van der Waals surface area contributed by atoms with E-state index in [-0.39, 0.29) is 5.91 Å². The van der Waals surface area contributed by atoms with Crippen molar-refractivity contribution >= 4 is 57.8 Å². The molecule has 1 aliphatic heterocycles. The van der Waals surface area contributed by atoms with Gasteiger partial charge in [-0.05, 0) is 47.5 Å². The molecule has 3 nitrogen and oxygen atoms in total. The van der Waals surface area contributed by atoms with E-state index in [2.05, 4.69) is 11.9 Å². The summed E-state index contributed by atoms with van der Waals surface area (Å²) in [6, 6.07) is 13.3. The molecule has 1 aliphatic rings. The van der Waals surface area contributed by atoms with Crippen LogP contribution in [0.2, 0.25) is 10.0 Å². The summed E-state index contributed by atoms with van der Waals surface area (Å²) in [5, 5.41) is 1.55. The van der Waals surface area contributed by atoms with Crippen LogP contribution in [0.4, 0.5) is 5.69 Å².